The summed E-state index contributed by atoms with van der Waals surface area (Å²) in [5.74, 6) is -0.380. The van der Waals surface area contributed by atoms with Gasteiger partial charge in [0.2, 0.25) is 0 Å². The van der Waals surface area contributed by atoms with Gasteiger partial charge in [-0.1, -0.05) is 11.6 Å². The Morgan fingerprint density at radius 3 is 2.79 bits per heavy atom. The van der Waals surface area contributed by atoms with Crippen LogP contribution in [0.1, 0.15) is 6.42 Å². The molecule has 0 aliphatic rings. The number of benzene rings is 1. The zero-order valence-electron chi connectivity index (χ0n) is 7.36. The average Bonchev–Trinajstić information content (AvgIpc) is 2.09. The minimum Gasteiger partial charge on any atom is -0.396 e. The Morgan fingerprint density at radius 2 is 2.21 bits per heavy atom. The summed E-state index contributed by atoms with van der Waals surface area (Å²) in [6, 6.07) is 2.58. The van der Waals surface area contributed by atoms with Gasteiger partial charge in [-0.25, -0.2) is 4.39 Å². The molecule has 0 saturated heterocycles. The van der Waals surface area contributed by atoms with Gasteiger partial charge in [0, 0.05) is 17.6 Å². The third-order valence-electron chi connectivity index (χ3n) is 1.64. The highest BCUT2D eigenvalue weighted by Gasteiger charge is 2.06. The maximum atomic E-state index is 12.8. The summed E-state index contributed by atoms with van der Waals surface area (Å²) in [5.41, 5.74) is 0.654. The molecule has 0 fully saturated rings. The molecule has 0 atom stereocenters. The van der Waals surface area contributed by atoms with Crippen molar-refractivity contribution in [2.24, 2.45) is 0 Å². The smallest absolute Gasteiger partial charge is 0.125 e. The van der Waals surface area contributed by atoms with Crippen molar-refractivity contribution in [3.8, 4) is 0 Å². The van der Waals surface area contributed by atoms with E-state index in [1.807, 2.05) is 0 Å². The van der Waals surface area contributed by atoms with Crippen molar-refractivity contribution in [3.63, 3.8) is 0 Å². The Hall–Kier alpha value is -0.320. The fourth-order valence-corrected chi connectivity index (χ4v) is 1.96. The normalized spacial score (nSPS) is 10.3. The van der Waals surface area contributed by atoms with E-state index in [1.165, 1.54) is 12.1 Å². The van der Waals surface area contributed by atoms with E-state index in [0.717, 1.165) is 0 Å². The van der Waals surface area contributed by atoms with Crippen LogP contribution >= 0.6 is 27.5 Å². The zero-order chi connectivity index (χ0) is 10.6. The Labute approximate surface area is 95.2 Å². The Bertz CT molecular complexity index is 299. The molecule has 5 heteroatoms. The number of aliphatic hydroxyl groups is 1. The van der Waals surface area contributed by atoms with Crippen molar-refractivity contribution in [1.29, 1.82) is 0 Å². The van der Waals surface area contributed by atoms with Crippen molar-refractivity contribution in [2.45, 2.75) is 6.42 Å². The molecule has 0 aliphatic carbocycles. The summed E-state index contributed by atoms with van der Waals surface area (Å²) in [7, 11) is 0. The van der Waals surface area contributed by atoms with Gasteiger partial charge in [-0.3, -0.25) is 0 Å². The zero-order valence-corrected chi connectivity index (χ0v) is 9.70. The van der Waals surface area contributed by atoms with Crippen LogP contribution in [0.15, 0.2) is 16.6 Å². The molecule has 2 N–H and O–H groups in total. The molecule has 1 aromatic carbocycles. The molecule has 0 aliphatic heterocycles. The topological polar surface area (TPSA) is 32.3 Å². The number of rotatable bonds is 4. The summed E-state index contributed by atoms with van der Waals surface area (Å²) in [5, 5.41) is 11.9. The van der Waals surface area contributed by atoms with E-state index < -0.39 is 0 Å². The molecule has 78 valence electrons. The van der Waals surface area contributed by atoms with Crippen molar-refractivity contribution < 1.29 is 9.50 Å². The van der Waals surface area contributed by atoms with E-state index in [-0.39, 0.29) is 12.4 Å². The number of aliphatic hydroxyl groups excluding tert-OH is 1. The van der Waals surface area contributed by atoms with Crippen LogP contribution < -0.4 is 5.32 Å². The predicted octanol–water partition coefficient (Wildman–Crippen LogP) is 3.04. The molecule has 14 heavy (non-hydrogen) atoms. The second-order valence-corrected chi connectivity index (χ2v) is 4.01. The van der Waals surface area contributed by atoms with E-state index in [9.17, 15) is 4.39 Å². The molecular formula is C9H10BrClFNO. The first kappa shape index (κ1) is 11.8. The SMILES string of the molecule is OCCCNc1c(Cl)cc(F)cc1Br. The van der Waals surface area contributed by atoms with Gasteiger partial charge in [0.1, 0.15) is 5.82 Å². The molecule has 0 unspecified atom stereocenters. The van der Waals surface area contributed by atoms with Crippen LogP contribution in [-0.2, 0) is 0 Å². The van der Waals surface area contributed by atoms with Crippen LogP contribution in [0.2, 0.25) is 5.02 Å². The molecule has 0 radical (unpaired) electrons. The largest absolute Gasteiger partial charge is 0.396 e. The van der Waals surface area contributed by atoms with E-state index >= 15 is 0 Å². The Morgan fingerprint density at radius 1 is 1.50 bits per heavy atom. The van der Waals surface area contributed by atoms with E-state index in [2.05, 4.69) is 21.2 Å². The summed E-state index contributed by atoms with van der Waals surface area (Å²) in [4.78, 5) is 0. The third-order valence-corrected chi connectivity index (χ3v) is 2.57. The van der Waals surface area contributed by atoms with Crippen LogP contribution in [0.3, 0.4) is 0 Å². The third kappa shape index (κ3) is 3.12. The van der Waals surface area contributed by atoms with Crippen LogP contribution in [0.25, 0.3) is 0 Å². The first-order chi connectivity index (χ1) is 6.65. The lowest BCUT2D eigenvalue weighted by molar-refractivity contribution is 0.292. The number of hydrogen-bond donors (Lipinski definition) is 2. The fourth-order valence-electron chi connectivity index (χ4n) is 1.00. The van der Waals surface area contributed by atoms with Crippen LogP contribution in [0, 0.1) is 5.82 Å². The van der Waals surface area contributed by atoms with Gasteiger partial charge in [0.05, 0.1) is 10.7 Å². The average molecular weight is 283 g/mol. The lowest BCUT2D eigenvalue weighted by Crippen LogP contribution is -2.04. The summed E-state index contributed by atoms with van der Waals surface area (Å²) in [6.07, 6.45) is 0.625. The maximum Gasteiger partial charge on any atom is 0.125 e. The van der Waals surface area contributed by atoms with E-state index in [4.69, 9.17) is 16.7 Å². The Kier molecular flexibility index (Phi) is 4.65. The van der Waals surface area contributed by atoms with Crippen LogP contribution in [0.4, 0.5) is 10.1 Å². The van der Waals surface area contributed by atoms with Gasteiger partial charge in [-0.2, -0.15) is 0 Å². The Balaban J connectivity index is 2.75. The lowest BCUT2D eigenvalue weighted by Gasteiger charge is -2.09. The van der Waals surface area contributed by atoms with Gasteiger partial charge in [-0.05, 0) is 34.5 Å². The molecule has 0 aromatic heterocycles. The second kappa shape index (κ2) is 5.53. The van der Waals surface area contributed by atoms with Crippen molar-refractivity contribution in [2.75, 3.05) is 18.5 Å². The van der Waals surface area contributed by atoms with Crippen molar-refractivity contribution >= 4 is 33.2 Å². The van der Waals surface area contributed by atoms with Gasteiger partial charge in [-0.15, -0.1) is 0 Å². The standard InChI is InChI=1S/C9H10BrClFNO/c10-7-4-6(12)5-8(11)9(7)13-2-1-3-14/h4-5,13-14H,1-3H2. The minimum absolute atomic E-state index is 0.115. The van der Waals surface area contributed by atoms with Gasteiger partial charge in [0.25, 0.3) is 0 Å². The predicted molar refractivity (Wildman–Crippen MR) is 59.3 cm³/mol. The van der Waals surface area contributed by atoms with E-state index in [0.29, 0.717) is 28.1 Å². The summed E-state index contributed by atoms with van der Waals surface area (Å²) < 4.78 is 13.4. The highest BCUT2D eigenvalue weighted by Crippen LogP contribution is 2.31. The van der Waals surface area contributed by atoms with Crippen molar-refractivity contribution in [3.05, 3.63) is 27.4 Å². The molecule has 0 spiro atoms. The van der Waals surface area contributed by atoms with Gasteiger partial charge < -0.3 is 10.4 Å². The molecular weight excluding hydrogens is 272 g/mol. The minimum atomic E-state index is -0.380. The molecule has 1 rings (SSSR count). The molecule has 0 heterocycles. The van der Waals surface area contributed by atoms with E-state index in [1.54, 1.807) is 0 Å². The highest BCUT2D eigenvalue weighted by atomic mass is 79.9. The number of hydrogen-bond acceptors (Lipinski definition) is 2. The van der Waals surface area contributed by atoms with Crippen LogP contribution in [-0.4, -0.2) is 18.3 Å². The number of nitrogens with one attached hydrogen (secondary N) is 1. The molecule has 0 amide bonds. The molecule has 1 aromatic rings. The molecule has 0 saturated carbocycles. The monoisotopic (exact) mass is 281 g/mol. The maximum absolute atomic E-state index is 12.8. The lowest BCUT2D eigenvalue weighted by atomic mass is 10.3. The number of halogens is 3. The first-order valence-electron chi connectivity index (χ1n) is 4.14. The summed E-state index contributed by atoms with van der Waals surface area (Å²) >= 11 is 9.02. The first-order valence-corrected chi connectivity index (χ1v) is 5.31. The highest BCUT2D eigenvalue weighted by molar-refractivity contribution is 9.10. The van der Waals surface area contributed by atoms with Gasteiger partial charge in [0.15, 0.2) is 0 Å². The molecule has 0 bridgehead atoms. The fraction of sp³-hybridized carbons (Fsp3) is 0.333. The second-order valence-electron chi connectivity index (χ2n) is 2.75. The van der Waals surface area contributed by atoms with Crippen LogP contribution in [0.5, 0.6) is 0 Å². The quantitative estimate of drug-likeness (QED) is 0.832. The number of anilines is 1. The van der Waals surface area contributed by atoms with Crippen molar-refractivity contribution in [1.82, 2.24) is 0 Å². The summed E-state index contributed by atoms with van der Waals surface area (Å²) in [6.45, 7) is 0.712. The van der Waals surface area contributed by atoms with Gasteiger partial charge >= 0.3 is 0 Å². The molecule has 2 nitrogen and oxygen atoms in total.